The Morgan fingerprint density at radius 3 is 2.36 bits per heavy atom. The van der Waals surface area contributed by atoms with Crippen molar-refractivity contribution in [2.45, 2.75) is 32.4 Å². The van der Waals surface area contributed by atoms with Gasteiger partial charge in [0, 0.05) is 45.5 Å². The number of ether oxygens (including phenoxy) is 1. The van der Waals surface area contributed by atoms with Gasteiger partial charge in [-0.3, -0.25) is 9.59 Å². The molecule has 0 saturated heterocycles. The van der Waals surface area contributed by atoms with Crippen molar-refractivity contribution in [1.29, 1.82) is 0 Å². The number of anilines is 2. The summed E-state index contributed by atoms with van der Waals surface area (Å²) >= 11 is 12.4. The first-order valence-corrected chi connectivity index (χ1v) is 11.4. The summed E-state index contributed by atoms with van der Waals surface area (Å²) in [5, 5.41) is 1.14. The smallest absolute Gasteiger partial charge is 0.258 e. The van der Waals surface area contributed by atoms with Crippen LogP contribution in [0.15, 0.2) is 66.7 Å². The Labute approximate surface area is 203 Å². The molecule has 0 N–H and O–H groups in total. The molecule has 2 atom stereocenters. The molecule has 2 unspecified atom stereocenters. The third kappa shape index (κ3) is 4.56. The summed E-state index contributed by atoms with van der Waals surface area (Å²) in [7, 11) is 1.57. The van der Waals surface area contributed by atoms with E-state index in [9.17, 15) is 9.59 Å². The number of carbonyl (C=O) groups excluding carboxylic acids is 2. The van der Waals surface area contributed by atoms with Crippen LogP contribution >= 0.6 is 23.2 Å². The van der Waals surface area contributed by atoms with E-state index in [4.69, 9.17) is 27.9 Å². The van der Waals surface area contributed by atoms with Crippen LogP contribution in [0.2, 0.25) is 10.0 Å². The Morgan fingerprint density at radius 1 is 1.00 bits per heavy atom. The monoisotopic (exact) mass is 482 g/mol. The fraction of sp³-hybridized carbons (Fsp3) is 0.231. The number of halogens is 2. The van der Waals surface area contributed by atoms with Crippen LogP contribution in [0, 0.1) is 0 Å². The van der Waals surface area contributed by atoms with Crippen molar-refractivity contribution in [1.82, 2.24) is 0 Å². The molecule has 0 saturated carbocycles. The zero-order chi connectivity index (χ0) is 23.7. The first-order valence-electron chi connectivity index (χ1n) is 10.6. The highest BCUT2D eigenvalue weighted by Gasteiger charge is 2.38. The van der Waals surface area contributed by atoms with Gasteiger partial charge in [-0.1, -0.05) is 29.3 Å². The van der Waals surface area contributed by atoms with E-state index >= 15 is 0 Å². The predicted molar refractivity (Wildman–Crippen MR) is 133 cm³/mol. The minimum atomic E-state index is -0.290. The van der Waals surface area contributed by atoms with E-state index in [2.05, 4.69) is 0 Å². The van der Waals surface area contributed by atoms with Gasteiger partial charge in [-0.05, 0) is 74.0 Å². The Morgan fingerprint density at radius 2 is 1.70 bits per heavy atom. The average Bonchev–Trinajstić information content (AvgIpc) is 2.80. The Hall–Kier alpha value is -3.02. The number of hydrogen-bond acceptors (Lipinski definition) is 3. The molecule has 170 valence electrons. The van der Waals surface area contributed by atoms with Crippen molar-refractivity contribution < 1.29 is 14.3 Å². The van der Waals surface area contributed by atoms with Crippen LogP contribution in [-0.2, 0) is 4.79 Å². The van der Waals surface area contributed by atoms with E-state index in [0.717, 1.165) is 16.9 Å². The number of benzene rings is 3. The van der Waals surface area contributed by atoms with Crippen molar-refractivity contribution in [3.8, 4) is 5.75 Å². The number of methoxy groups -OCH3 is 1. The average molecular weight is 483 g/mol. The molecule has 0 radical (unpaired) electrons. The Balaban J connectivity index is 1.80. The summed E-state index contributed by atoms with van der Waals surface area (Å²) in [5.41, 5.74) is 2.82. The molecule has 7 heteroatoms. The number of hydrogen-bond donors (Lipinski definition) is 0. The van der Waals surface area contributed by atoms with Gasteiger partial charge in [-0.2, -0.15) is 0 Å². The van der Waals surface area contributed by atoms with E-state index in [1.165, 1.54) is 6.92 Å². The molecule has 33 heavy (non-hydrogen) atoms. The number of amides is 2. The van der Waals surface area contributed by atoms with E-state index in [1.54, 1.807) is 59.4 Å². The van der Waals surface area contributed by atoms with Gasteiger partial charge in [-0.15, -0.1) is 0 Å². The van der Waals surface area contributed by atoms with Crippen LogP contribution in [0.5, 0.6) is 5.75 Å². The summed E-state index contributed by atoms with van der Waals surface area (Å²) in [6.07, 6.45) is 0.547. The molecule has 0 aromatic heterocycles. The molecule has 1 aliphatic heterocycles. The highest BCUT2D eigenvalue weighted by molar-refractivity contribution is 6.31. The van der Waals surface area contributed by atoms with Gasteiger partial charge in [-0.25, -0.2) is 0 Å². The number of carbonyl (C=O) groups is 2. The summed E-state index contributed by atoms with van der Waals surface area (Å²) in [6.45, 7) is 3.53. The standard InChI is InChI=1S/C26H24Cl2N2O3/c1-16-13-25(30(17(2)31)21-10-7-19(27)8-11-21)23-15-20(28)9-12-24(23)29(16)26(32)18-5-4-6-22(14-18)33-3/h4-12,14-16,25H,13H2,1-3H3. The van der Waals surface area contributed by atoms with E-state index in [1.807, 2.05) is 31.2 Å². The Kier molecular flexibility index (Phi) is 6.63. The molecule has 1 heterocycles. The molecule has 5 nitrogen and oxygen atoms in total. The topological polar surface area (TPSA) is 49.9 Å². The van der Waals surface area contributed by atoms with Crippen LogP contribution in [0.1, 0.15) is 42.2 Å². The molecular weight excluding hydrogens is 459 g/mol. The van der Waals surface area contributed by atoms with Crippen molar-refractivity contribution in [2.24, 2.45) is 0 Å². The lowest BCUT2D eigenvalue weighted by Gasteiger charge is -2.43. The lowest BCUT2D eigenvalue weighted by Crippen LogP contribution is -2.47. The van der Waals surface area contributed by atoms with Crippen LogP contribution in [0.3, 0.4) is 0 Å². The summed E-state index contributed by atoms with van der Waals surface area (Å²) in [5.74, 6) is 0.377. The second-order valence-corrected chi connectivity index (χ2v) is 8.95. The van der Waals surface area contributed by atoms with Gasteiger partial charge in [0.15, 0.2) is 0 Å². The van der Waals surface area contributed by atoms with Crippen LogP contribution < -0.4 is 14.5 Å². The van der Waals surface area contributed by atoms with Gasteiger partial charge < -0.3 is 14.5 Å². The van der Waals surface area contributed by atoms with E-state index in [0.29, 0.717) is 27.8 Å². The molecule has 3 aromatic rings. The summed E-state index contributed by atoms with van der Waals surface area (Å²) < 4.78 is 5.29. The number of rotatable bonds is 4. The van der Waals surface area contributed by atoms with Gasteiger partial charge in [0.1, 0.15) is 5.75 Å². The van der Waals surface area contributed by atoms with Gasteiger partial charge >= 0.3 is 0 Å². The molecule has 0 aliphatic carbocycles. The van der Waals surface area contributed by atoms with Crippen molar-refractivity contribution in [3.63, 3.8) is 0 Å². The van der Waals surface area contributed by atoms with Gasteiger partial charge in [0.2, 0.25) is 5.91 Å². The van der Waals surface area contributed by atoms with Crippen molar-refractivity contribution >= 4 is 46.4 Å². The Bertz CT molecular complexity index is 1200. The molecule has 0 spiro atoms. The zero-order valence-corrected chi connectivity index (χ0v) is 20.1. The maximum absolute atomic E-state index is 13.6. The summed E-state index contributed by atoms with van der Waals surface area (Å²) in [4.78, 5) is 29.9. The third-order valence-corrected chi connectivity index (χ3v) is 6.39. The zero-order valence-electron chi connectivity index (χ0n) is 18.6. The SMILES string of the molecule is COc1cccc(C(=O)N2c3ccc(Cl)cc3C(N(C(C)=O)c3ccc(Cl)cc3)CC2C)c1. The fourth-order valence-corrected chi connectivity index (χ4v) is 4.74. The highest BCUT2D eigenvalue weighted by Crippen LogP contribution is 2.44. The fourth-order valence-electron chi connectivity index (χ4n) is 4.44. The van der Waals surface area contributed by atoms with Gasteiger partial charge in [0.05, 0.1) is 13.2 Å². The second kappa shape index (κ2) is 9.46. The maximum Gasteiger partial charge on any atom is 0.258 e. The van der Waals surface area contributed by atoms with Crippen molar-refractivity contribution in [3.05, 3.63) is 87.9 Å². The lowest BCUT2D eigenvalue weighted by molar-refractivity contribution is -0.117. The van der Waals surface area contributed by atoms with E-state index in [-0.39, 0.29) is 23.9 Å². The van der Waals surface area contributed by atoms with Crippen LogP contribution in [0.4, 0.5) is 11.4 Å². The second-order valence-electron chi connectivity index (χ2n) is 8.08. The lowest BCUT2D eigenvalue weighted by atomic mass is 9.89. The minimum absolute atomic E-state index is 0.104. The largest absolute Gasteiger partial charge is 0.497 e. The number of nitrogens with zero attached hydrogens (tertiary/aromatic N) is 2. The first kappa shape index (κ1) is 23.1. The first-order chi connectivity index (χ1) is 15.8. The van der Waals surface area contributed by atoms with Crippen molar-refractivity contribution in [2.75, 3.05) is 16.9 Å². The van der Waals surface area contributed by atoms with Crippen LogP contribution in [0.25, 0.3) is 0 Å². The van der Waals surface area contributed by atoms with Crippen LogP contribution in [-0.4, -0.2) is 25.0 Å². The van der Waals surface area contributed by atoms with Gasteiger partial charge in [0.25, 0.3) is 5.91 Å². The maximum atomic E-state index is 13.6. The molecule has 0 fully saturated rings. The quantitative estimate of drug-likeness (QED) is 0.424. The highest BCUT2D eigenvalue weighted by atomic mass is 35.5. The number of fused-ring (bicyclic) bond motifs is 1. The predicted octanol–water partition coefficient (Wildman–Crippen LogP) is 6.54. The normalized spacial score (nSPS) is 17.3. The molecule has 3 aromatic carbocycles. The minimum Gasteiger partial charge on any atom is -0.497 e. The molecule has 1 aliphatic rings. The molecular formula is C26H24Cl2N2O3. The molecule has 0 bridgehead atoms. The molecule has 4 rings (SSSR count). The molecule has 2 amide bonds. The third-order valence-electron chi connectivity index (χ3n) is 5.90. The summed E-state index contributed by atoms with van der Waals surface area (Å²) in [6, 6.07) is 19.3. The van der Waals surface area contributed by atoms with E-state index < -0.39 is 0 Å².